The van der Waals surface area contributed by atoms with Crippen LogP contribution in [0.2, 0.25) is 0 Å². The molecule has 4 rings (SSSR count). The number of rotatable bonds is 5. The van der Waals surface area contributed by atoms with Crippen molar-refractivity contribution >= 4 is 39.8 Å². The first-order chi connectivity index (χ1) is 14.6. The molecule has 6 nitrogen and oxygen atoms in total. The predicted molar refractivity (Wildman–Crippen MR) is 115 cm³/mol. The van der Waals surface area contributed by atoms with Gasteiger partial charge in [-0.2, -0.15) is 5.26 Å². The van der Waals surface area contributed by atoms with Crippen LogP contribution in [0.1, 0.15) is 18.1 Å². The van der Waals surface area contributed by atoms with Gasteiger partial charge in [0, 0.05) is 10.8 Å². The molecule has 0 aliphatic carbocycles. The van der Waals surface area contributed by atoms with Gasteiger partial charge in [0.25, 0.3) is 11.1 Å². The molecule has 1 aliphatic heterocycles. The molecule has 0 spiro atoms. The van der Waals surface area contributed by atoms with Gasteiger partial charge in [-0.25, -0.2) is 0 Å². The molecule has 0 atom stereocenters. The third-order valence-electron chi connectivity index (χ3n) is 4.43. The number of ether oxygens (including phenoxy) is 2. The maximum atomic E-state index is 11.8. The summed E-state index contributed by atoms with van der Waals surface area (Å²) in [5.74, 6) is 1.21. The lowest BCUT2D eigenvalue weighted by Crippen LogP contribution is -2.17. The number of carbonyl (C=O) groups is 2. The van der Waals surface area contributed by atoms with Crippen LogP contribution < -0.4 is 14.8 Å². The highest BCUT2D eigenvalue weighted by molar-refractivity contribution is 8.18. The standard InChI is InChI=1S/C23H16N2O4S/c1-2-28-20-11-14(12-21-22(26)25-23(27)30-21)7-9-19(20)29-18-10-8-15(13-24)16-5-3-4-6-17(16)18/h3-12H,2H2,1H3,(H,25,26,27)/b21-12-. The highest BCUT2D eigenvalue weighted by Gasteiger charge is 2.25. The summed E-state index contributed by atoms with van der Waals surface area (Å²) in [5.41, 5.74) is 1.29. The summed E-state index contributed by atoms with van der Waals surface area (Å²) in [5, 5.41) is 12.8. The zero-order chi connectivity index (χ0) is 21.1. The van der Waals surface area contributed by atoms with Gasteiger partial charge in [0.1, 0.15) is 5.75 Å². The van der Waals surface area contributed by atoms with Crippen LogP contribution in [-0.2, 0) is 4.79 Å². The molecule has 0 unspecified atom stereocenters. The topological polar surface area (TPSA) is 88.4 Å². The molecular weight excluding hydrogens is 400 g/mol. The molecule has 1 N–H and O–H groups in total. The van der Waals surface area contributed by atoms with Crippen molar-refractivity contribution in [1.29, 1.82) is 5.26 Å². The maximum absolute atomic E-state index is 11.8. The minimum absolute atomic E-state index is 0.328. The van der Waals surface area contributed by atoms with Crippen LogP contribution in [0, 0.1) is 11.3 Å². The molecule has 0 radical (unpaired) electrons. The Morgan fingerprint density at radius 3 is 2.50 bits per heavy atom. The molecule has 3 aromatic carbocycles. The van der Waals surface area contributed by atoms with Gasteiger partial charge in [0.2, 0.25) is 0 Å². The van der Waals surface area contributed by atoms with E-state index in [0.717, 1.165) is 22.5 Å². The fourth-order valence-corrected chi connectivity index (χ4v) is 3.80. The maximum Gasteiger partial charge on any atom is 0.290 e. The number of carbonyl (C=O) groups excluding carboxylic acids is 2. The second-order valence-electron chi connectivity index (χ2n) is 6.36. The van der Waals surface area contributed by atoms with E-state index in [1.807, 2.05) is 31.2 Å². The van der Waals surface area contributed by atoms with Gasteiger partial charge in [0.15, 0.2) is 11.5 Å². The van der Waals surface area contributed by atoms with Crippen LogP contribution >= 0.6 is 11.8 Å². The number of hydrogen-bond donors (Lipinski definition) is 1. The zero-order valence-corrected chi connectivity index (χ0v) is 16.8. The Kier molecular flexibility index (Phi) is 5.42. The van der Waals surface area contributed by atoms with E-state index in [0.29, 0.717) is 39.9 Å². The van der Waals surface area contributed by atoms with Crippen molar-refractivity contribution in [3.8, 4) is 23.3 Å². The largest absolute Gasteiger partial charge is 0.490 e. The molecule has 1 heterocycles. The summed E-state index contributed by atoms with van der Waals surface area (Å²) in [6, 6.07) is 18.5. The summed E-state index contributed by atoms with van der Waals surface area (Å²) in [6.07, 6.45) is 1.63. The van der Waals surface area contributed by atoms with E-state index in [1.54, 1.807) is 36.4 Å². The van der Waals surface area contributed by atoms with Gasteiger partial charge in [-0.15, -0.1) is 0 Å². The monoisotopic (exact) mass is 416 g/mol. The highest BCUT2D eigenvalue weighted by Crippen LogP contribution is 2.37. The molecule has 0 saturated carbocycles. The molecule has 0 aromatic heterocycles. The van der Waals surface area contributed by atoms with Crippen molar-refractivity contribution in [3.05, 3.63) is 70.6 Å². The van der Waals surface area contributed by atoms with Gasteiger partial charge in [-0.05, 0) is 54.6 Å². The van der Waals surface area contributed by atoms with Crippen LogP contribution in [0.3, 0.4) is 0 Å². The Morgan fingerprint density at radius 2 is 1.80 bits per heavy atom. The Hall–Kier alpha value is -3.76. The minimum Gasteiger partial charge on any atom is -0.490 e. The predicted octanol–water partition coefficient (Wildman–Crippen LogP) is 5.23. The average molecular weight is 416 g/mol. The SMILES string of the molecule is CCOc1cc(/C=C2\SC(=O)NC2=O)ccc1Oc1ccc(C#N)c2ccccc12. The van der Waals surface area contributed by atoms with Gasteiger partial charge >= 0.3 is 0 Å². The summed E-state index contributed by atoms with van der Waals surface area (Å²) in [6.45, 7) is 2.29. The third-order valence-corrected chi connectivity index (χ3v) is 5.24. The quantitative estimate of drug-likeness (QED) is 0.573. The molecule has 1 aliphatic rings. The van der Waals surface area contributed by atoms with E-state index < -0.39 is 5.91 Å². The number of thioether (sulfide) groups is 1. The number of nitrogens with one attached hydrogen (secondary N) is 1. The number of nitrogens with zero attached hydrogens (tertiary/aromatic N) is 1. The fraction of sp³-hybridized carbons (Fsp3) is 0.0870. The van der Waals surface area contributed by atoms with E-state index in [9.17, 15) is 14.9 Å². The second-order valence-corrected chi connectivity index (χ2v) is 7.38. The van der Waals surface area contributed by atoms with Crippen molar-refractivity contribution in [1.82, 2.24) is 5.32 Å². The number of nitriles is 1. The lowest BCUT2D eigenvalue weighted by molar-refractivity contribution is -0.115. The molecule has 30 heavy (non-hydrogen) atoms. The molecule has 1 saturated heterocycles. The van der Waals surface area contributed by atoms with Gasteiger partial charge in [-0.1, -0.05) is 30.3 Å². The molecule has 2 amide bonds. The van der Waals surface area contributed by atoms with E-state index in [-0.39, 0.29) is 5.24 Å². The van der Waals surface area contributed by atoms with Gasteiger partial charge in [0.05, 0.1) is 23.1 Å². The number of fused-ring (bicyclic) bond motifs is 1. The first kappa shape index (κ1) is 19.6. The van der Waals surface area contributed by atoms with E-state index >= 15 is 0 Å². The molecule has 0 bridgehead atoms. The summed E-state index contributed by atoms with van der Waals surface area (Å²) in [7, 11) is 0. The Balaban J connectivity index is 1.71. The van der Waals surface area contributed by atoms with Crippen molar-refractivity contribution in [2.45, 2.75) is 6.92 Å². The van der Waals surface area contributed by atoms with Crippen LogP contribution in [-0.4, -0.2) is 17.8 Å². The highest BCUT2D eigenvalue weighted by atomic mass is 32.2. The lowest BCUT2D eigenvalue weighted by Gasteiger charge is -2.14. The summed E-state index contributed by atoms with van der Waals surface area (Å²) in [4.78, 5) is 23.5. The first-order valence-corrected chi connectivity index (χ1v) is 10.0. The van der Waals surface area contributed by atoms with Gasteiger partial charge in [-0.3, -0.25) is 14.9 Å². The number of hydrogen-bond acceptors (Lipinski definition) is 6. The normalized spacial score (nSPS) is 14.6. The Morgan fingerprint density at radius 1 is 1.03 bits per heavy atom. The Bertz CT molecular complexity index is 1240. The summed E-state index contributed by atoms with van der Waals surface area (Å²) >= 11 is 0.863. The van der Waals surface area contributed by atoms with Crippen molar-refractivity contribution in [3.63, 3.8) is 0 Å². The van der Waals surface area contributed by atoms with Crippen molar-refractivity contribution < 1.29 is 19.1 Å². The van der Waals surface area contributed by atoms with Crippen LogP contribution in [0.4, 0.5) is 4.79 Å². The molecule has 1 fully saturated rings. The molecule has 148 valence electrons. The zero-order valence-electron chi connectivity index (χ0n) is 16.0. The number of benzene rings is 3. The fourth-order valence-electron chi connectivity index (χ4n) is 3.12. The third kappa shape index (κ3) is 3.86. The van der Waals surface area contributed by atoms with Crippen LogP contribution in [0.15, 0.2) is 59.5 Å². The lowest BCUT2D eigenvalue weighted by atomic mass is 10.0. The van der Waals surface area contributed by atoms with Crippen LogP contribution in [0.25, 0.3) is 16.8 Å². The van der Waals surface area contributed by atoms with Gasteiger partial charge < -0.3 is 9.47 Å². The van der Waals surface area contributed by atoms with Crippen LogP contribution in [0.5, 0.6) is 17.2 Å². The molecule has 7 heteroatoms. The molecule has 3 aromatic rings. The second kappa shape index (κ2) is 8.31. The van der Waals surface area contributed by atoms with Crippen molar-refractivity contribution in [2.24, 2.45) is 0 Å². The number of imide groups is 1. The first-order valence-electron chi connectivity index (χ1n) is 9.20. The minimum atomic E-state index is -0.410. The average Bonchev–Trinajstić information content (AvgIpc) is 3.06. The Labute approximate surface area is 177 Å². The molecular formula is C23H16N2O4S. The summed E-state index contributed by atoms with van der Waals surface area (Å²) < 4.78 is 11.9. The van der Waals surface area contributed by atoms with Crippen molar-refractivity contribution in [2.75, 3.05) is 6.61 Å². The van der Waals surface area contributed by atoms with E-state index in [1.165, 1.54) is 0 Å². The number of amides is 2. The van der Waals surface area contributed by atoms with E-state index in [2.05, 4.69) is 11.4 Å². The van der Waals surface area contributed by atoms with E-state index in [4.69, 9.17) is 9.47 Å². The smallest absolute Gasteiger partial charge is 0.290 e.